The molecular weight excluding hydrogens is 373 g/mol. The van der Waals surface area contributed by atoms with Crippen LogP contribution in [0.25, 0.3) is 6.08 Å². The number of rotatable bonds is 7. The van der Waals surface area contributed by atoms with Crippen LogP contribution in [0.15, 0.2) is 60.7 Å². The van der Waals surface area contributed by atoms with Crippen LogP contribution in [0.3, 0.4) is 0 Å². The van der Waals surface area contributed by atoms with E-state index in [0.717, 1.165) is 29.8 Å². The highest BCUT2D eigenvalue weighted by Crippen LogP contribution is 2.30. The van der Waals surface area contributed by atoms with Crippen molar-refractivity contribution in [3.63, 3.8) is 0 Å². The van der Waals surface area contributed by atoms with Crippen molar-refractivity contribution in [1.82, 2.24) is 5.32 Å². The SMILES string of the molecule is NC(=O)[C@H](C/C=C/c1ccccc1)NC(=O)[C@@H](O)c1ccc(C(F)(F)F)cc1. The molecule has 4 N–H and O–H groups in total. The predicted octanol–water partition coefficient (Wildman–Crippen LogP) is 2.81. The number of hydrogen-bond acceptors (Lipinski definition) is 3. The summed E-state index contributed by atoms with van der Waals surface area (Å²) in [6, 6.07) is 11.7. The van der Waals surface area contributed by atoms with Gasteiger partial charge in [0.2, 0.25) is 5.91 Å². The zero-order valence-electron chi connectivity index (χ0n) is 14.7. The van der Waals surface area contributed by atoms with Crippen LogP contribution in [0.4, 0.5) is 13.2 Å². The minimum absolute atomic E-state index is 0.0338. The number of nitrogens with one attached hydrogen (secondary N) is 1. The molecule has 0 radical (unpaired) electrons. The second-order valence-electron chi connectivity index (χ2n) is 6.03. The number of amides is 2. The Morgan fingerprint density at radius 3 is 2.21 bits per heavy atom. The van der Waals surface area contributed by atoms with E-state index in [9.17, 15) is 27.9 Å². The van der Waals surface area contributed by atoms with Crippen molar-refractivity contribution < 1.29 is 27.9 Å². The Kier molecular flexibility index (Phi) is 6.94. The molecule has 0 fully saturated rings. The summed E-state index contributed by atoms with van der Waals surface area (Å²) in [7, 11) is 0. The lowest BCUT2D eigenvalue weighted by atomic mass is 10.1. The molecule has 0 aliphatic heterocycles. The molecule has 0 aliphatic rings. The molecule has 0 unspecified atom stereocenters. The molecule has 2 amide bonds. The lowest BCUT2D eigenvalue weighted by Crippen LogP contribution is -2.45. The van der Waals surface area contributed by atoms with Crippen molar-refractivity contribution in [1.29, 1.82) is 0 Å². The van der Waals surface area contributed by atoms with Gasteiger partial charge < -0.3 is 16.2 Å². The summed E-state index contributed by atoms with van der Waals surface area (Å²) in [6.45, 7) is 0. The van der Waals surface area contributed by atoms with Crippen molar-refractivity contribution in [2.45, 2.75) is 24.7 Å². The third-order valence-corrected chi connectivity index (χ3v) is 3.94. The smallest absolute Gasteiger partial charge is 0.378 e. The molecule has 5 nitrogen and oxygen atoms in total. The fourth-order valence-electron chi connectivity index (χ4n) is 2.41. The first-order chi connectivity index (χ1) is 13.2. The molecule has 0 bridgehead atoms. The van der Waals surface area contributed by atoms with Gasteiger partial charge in [0.1, 0.15) is 6.04 Å². The third kappa shape index (κ3) is 5.95. The number of benzene rings is 2. The maximum atomic E-state index is 12.6. The Labute approximate surface area is 159 Å². The van der Waals surface area contributed by atoms with Gasteiger partial charge in [-0.2, -0.15) is 13.2 Å². The molecule has 0 saturated carbocycles. The van der Waals surface area contributed by atoms with Crippen molar-refractivity contribution >= 4 is 17.9 Å². The van der Waals surface area contributed by atoms with Crippen LogP contribution in [0.5, 0.6) is 0 Å². The molecule has 0 saturated heterocycles. The van der Waals surface area contributed by atoms with Crippen LogP contribution >= 0.6 is 0 Å². The van der Waals surface area contributed by atoms with Crippen LogP contribution in [-0.2, 0) is 15.8 Å². The van der Waals surface area contributed by atoms with Gasteiger partial charge in [-0.3, -0.25) is 9.59 Å². The number of nitrogens with two attached hydrogens (primary N) is 1. The molecule has 2 aromatic carbocycles. The highest BCUT2D eigenvalue weighted by atomic mass is 19.4. The molecule has 0 aliphatic carbocycles. The quantitative estimate of drug-likeness (QED) is 0.677. The van der Waals surface area contributed by atoms with Gasteiger partial charge in [-0.05, 0) is 29.7 Å². The Morgan fingerprint density at radius 1 is 1.07 bits per heavy atom. The Hall–Kier alpha value is -3.13. The average Bonchev–Trinajstić information content (AvgIpc) is 2.66. The first-order valence-corrected chi connectivity index (χ1v) is 8.35. The lowest BCUT2D eigenvalue weighted by molar-refractivity contribution is -0.137. The molecule has 2 atom stereocenters. The number of primary amides is 1. The van der Waals surface area contributed by atoms with E-state index in [-0.39, 0.29) is 12.0 Å². The zero-order valence-corrected chi connectivity index (χ0v) is 14.7. The summed E-state index contributed by atoms with van der Waals surface area (Å²) < 4.78 is 37.7. The van der Waals surface area contributed by atoms with Crippen LogP contribution in [-0.4, -0.2) is 23.0 Å². The topological polar surface area (TPSA) is 92.4 Å². The van der Waals surface area contributed by atoms with E-state index in [1.165, 1.54) is 0 Å². The molecule has 28 heavy (non-hydrogen) atoms. The molecule has 8 heteroatoms. The van der Waals surface area contributed by atoms with Crippen molar-refractivity contribution in [2.24, 2.45) is 5.73 Å². The van der Waals surface area contributed by atoms with Crippen LogP contribution in [0.1, 0.15) is 29.2 Å². The third-order valence-electron chi connectivity index (χ3n) is 3.94. The van der Waals surface area contributed by atoms with E-state index in [4.69, 9.17) is 5.73 Å². The van der Waals surface area contributed by atoms with Crippen LogP contribution in [0, 0.1) is 0 Å². The molecule has 2 aromatic rings. The van der Waals surface area contributed by atoms with Crippen LogP contribution < -0.4 is 11.1 Å². The number of carbonyl (C=O) groups is 2. The van der Waals surface area contributed by atoms with Crippen molar-refractivity contribution in [2.75, 3.05) is 0 Å². The lowest BCUT2D eigenvalue weighted by Gasteiger charge is -2.17. The molecule has 148 valence electrons. The summed E-state index contributed by atoms with van der Waals surface area (Å²) in [4.78, 5) is 23.7. The van der Waals surface area contributed by atoms with Gasteiger partial charge in [0, 0.05) is 0 Å². The van der Waals surface area contributed by atoms with Gasteiger partial charge in [-0.15, -0.1) is 0 Å². The van der Waals surface area contributed by atoms with E-state index in [2.05, 4.69) is 5.32 Å². The first-order valence-electron chi connectivity index (χ1n) is 8.35. The second kappa shape index (κ2) is 9.18. The Morgan fingerprint density at radius 2 is 1.68 bits per heavy atom. The molecular formula is C20H19F3N2O3. The number of halogens is 3. The van der Waals surface area contributed by atoms with Crippen molar-refractivity contribution in [3.05, 3.63) is 77.4 Å². The van der Waals surface area contributed by atoms with Gasteiger partial charge in [0.05, 0.1) is 5.56 Å². The number of aliphatic hydroxyl groups excluding tert-OH is 1. The van der Waals surface area contributed by atoms with E-state index in [1.54, 1.807) is 12.2 Å². The van der Waals surface area contributed by atoms with E-state index >= 15 is 0 Å². The Balaban J connectivity index is 2.01. The van der Waals surface area contributed by atoms with Gasteiger partial charge in [-0.25, -0.2) is 0 Å². The fourth-order valence-corrected chi connectivity index (χ4v) is 2.41. The van der Waals surface area contributed by atoms with Gasteiger partial charge in [0.15, 0.2) is 6.10 Å². The summed E-state index contributed by atoms with van der Waals surface area (Å²) in [5.41, 5.74) is 5.24. The minimum Gasteiger partial charge on any atom is -0.378 e. The summed E-state index contributed by atoms with van der Waals surface area (Å²) in [6.07, 6.45) is -2.77. The van der Waals surface area contributed by atoms with Gasteiger partial charge >= 0.3 is 6.18 Å². The maximum absolute atomic E-state index is 12.6. The molecule has 0 aromatic heterocycles. The highest BCUT2D eigenvalue weighted by Gasteiger charge is 2.31. The number of aliphatic hydroxyl groups is 1. The largest absolute Gasteiger partial charge is 0.416 e. The summed E-state index contributed by atoms with van der Waals surface area (Å²) >= 11 is 0. The number of hydrogen-bond donors (Lipinski definition) is 3. The van der Waals surface area contributed by atoms with Crippen molar-refractivity contribution in [3.8, 4) is 0 Å². The standard InChI is InChI=1S/C20H19F3N2O3/c21-20(22,23)15-11-9-14(10-12-15)17(26)19(28)25-16(18(24)27)8-4-7-13-5-2-1-3-6-13/h1-7,9-12,16-17,26H,8H2,(H2,24,27)(H,25,28)/b7-4+/t16-,17-/m0/s1. The Bertz CT molecular complexity index is 834. The van der Waals surface area contributed by atoms with E-state index in [1.807, 2.05) is 30.3 Å². The average molecular weight is 392 g/mol. The molecule has 0 spiro atoms. The van der Waals surface area contributed by atoms with Gasteiger partial charge in [0.25, 0.3) is 5.91 Å². The number of alkyl halides is 3. The van der Waals surface area contributed by atoms with E-state index < -0.39 is 35.7 Å². The van der Waals surface area contributed by atoms with Crippen LogP contribution in [0.2, 0.25) is 0 Å². The number of carbonyl (C=O) groups excluding carboxylic acids is 2. The van der Waals surface area contributed by atoms with E-state index in [0.29, 0.717) is 0 Å². The van der Waals surface area contributed by atoms with Gasteiger partial charge in [-0.1, -0.05) is 54.6 Å². The maximum Gasteiger partial charge on any atom is 0.416 e. The molecule has 0 heterocycles. The normalized spacial score (nSPS) is 13.9. The highest BCUT2D eigenvalue weighted by molar-refractivity contribution is 5.89. The predicted molar refractivity (Wildman–Crippen MR) is 97.6 cm³/mol. The molecule has 2 rings (SSSR count). The summed E-state index contributed by atoms with van der Waals surface area (Å²) in [5.74, 6) is -1.73. The summed E-state index contributed by atoms with van der Waals surface area (Å²) in [5, 5.41) is 12.4. The monoisotopic (exact) mass is 392 g/mol. The second-order valence-corrected chi connectivity index (χ2v) is 6.03. The minimum atomic E-state index is -4.52. The zero-order chi connectivity index (χ0) is 20.7. The first kappa shape index (κ1) is 21.2. The fraction of sp³-hybridized carbons (Fsp3) is 0.200.